The van der Waals surface area contributed by atoms with Gasteiger partial charge in [-0.1, -0.05) is 32.9 Å². The van der Waals surface area contributed by atoms with Gasteiger partial charge in [0.1, 0.15) is 10.6 Å². The quantitative estimate of drug-likeness (QED) is 0.559. The molecule has 2 aromatic heterocycles. The number of rotatable bonds is 6. The lowest BCUT2D eigenvalue weighted by Gasteiger charge is -2.29. The van der Waals surface area contributed by atoms with Crippen LogP contribution in [0.25, 0.3) is 17.2 Å². The van der Waals surface area contributed by atoms with E-state index in [0.29, 0.717) is 23.1 Å². The molecule has 0 spiro atoms. The van der Waals surface area contributed by atoms with Crippen molar-refractivity contribution in [2.75, 3.05) is 0 Å². The largest absolute Gasteiger partial charge is 0.281 e. The van der Waals surface area contributed by atoms with Gasteiger partial charge >= 0.3 is 0 Å². The Bertz CT molecular complexity index is 1260. The van der Waals surface area contributed by atoms with Crippen LogP contribution in [0.5, 0.6) is 0 Å². The van der Waals surface area contributed by atoms with E-state index in [4.69, 9.17) is 15.2 Å². The third-order valence-electron chi connectivity index (χ3n) is 7.56. The van der Waals surface area contributed by atoms with Gasteiger partial charge in [-0.3, -0.25) is 5.10 Å². The number of sulfonamides is 1. The molecule has 2 heterocycles. The lowest BCUT2D eigenvalue weighted by molar-refractivity contribution is 0.255. The summed E-state index contributed by atoms with van der Waals surface area (Å²) in [6.45, 7) is 6.79. The van der Waals surface area contributed by atoms with E-state index in [-0.39, 0.29) is 16.2 Å². The summed E-state index contributed by atoms with van der Waals surface area (Å²) in [5.41, 5.74) is 2.27. The summed E-state index contributed by atoms with van der Waals surface area (Å²) in [7, 11) is -3.94. The van der Waals surface area contributed by atoms with Crippen LogP contribution in [0.4, 0.5) is 0 Å². The number of aromatic amines is 1. The number of primary sulfonamides is 1. The molecule has 5 rings (SSSR count). The lowest BCUT2D eigenvalue weighted by atomic mass is 9.77. The summed E-state index contributed by atoms with van der Waals surface area (Å²) >= 11 is 0. The molecule has 0 amide bonds. The van der Waals surface area contributed by atoms with Crippen LogP contribution in [-0.2, 0) is 15.4 Å². The van der Waals surface area contributed by atoms with Gasteiger partial charge in [0.15, 0.2) is 11.6 Å². The molecule has 0 radical (unpaired) electrons. The van der Waals surface area contributed by atoms with E-state index in [1.165, 1.54) is 6.07 Å². The van der Waals surface area contributed by atoms with Gasteiger partial charge in [0.2, 0.25) is 10.0 Å². The van der Waals surface area contributed by atoms with E-state index in [2.05, 4.69) is 31.0 Å². The van der Waals surface area contributed by atoms with E-state index in [0.717, 1.165) is 56.0 Å². The minimum atomic E-state index is -3.94. The summed E-state index contributed by atoms with van der Waals surface area (Å²) in [5, 5.41) is 18.1. The number of nitrogens with one attached hydrogen (secondary N) is 1. The predicted molar refractivity (Wildman–Crippen MR) is 126 cm³/mol. The average molecular weight is 469 g/mol. The minimum absolute atomic E-state index is 0.0242. The first-order valence-electron chi connectivity index (χ1n) is 11.8. The first kappa shape index (κ1) is 22.3. The summed E-state index contributed by atoms with van der Waals surface area (Å²) in [6.07, 6.45) is 6.63. The molecule has 0 unspecified atom stereocenters. The van der Waals surface area contributed by atoms with Crippen LogP contribution < -0.4 is 5.14 Å². The highest BCUT2D eigenvalue weighted by molar-refractivity contribution is 7.89. The topological polar surface area (TPSA) is 120 Å². The van der Waals surface area contributed by atoms with Crippen LogP contribution >= 0.6 is 0 Å². The zero-order chi connectivity index (χ0) is 23.4. The van der Waals surface area contributed by atoms with Crippen LogP contribution in [0.1, 0.15) is 76.7 Å². The van der Waals surface area contributed by atoms with Crippen molar-refractivity contribution in [1.82, 2.24) is 25.0 Å². The van der Waals surface area contributed by atoms with E-state index in [9.17, 15) is 8.42 Å². The highest BCUT2D eigenvalue weighted by Gasteiger charge is 2.41. The van der Waals surface area contributed by atoms with Crippen molar-refractivity contribution in [3.05, 3.63) is 41.9 Å². The molecule has 8 nitrogen and oxygen atoms in total. The van der Waals surface area contributed by atoms with Gasteiger partial charge in [-0.05, 0) is 68.6 Å². The molecule has 0 aliphatic heterocycles. The van der Waals surface area contributed by atoms with Gasteiger partial charge in [0.05, 0.1) is 5.69 Å². The van der Waals surface area contributed by atoms with Gasteiger partial charge < -0.3 is 0 Å². The van der Waals surface area contributed by atoms with Crippen LogP contribution in [-0.4, -0.2) is 33.4 Å². The second-order valence-electron chi connectivity index (χ2n) is 10.3. The molecule has 3 N–H and O–H groups in total. The Kier molecular flexibility index (Phi) is 5.44. The maximum absolute atomic E-state index is 12.3. The third kappa shape index (κ3) is 4.24. The minimum Gasteiger partial charge on any atom is -0.281 e. The number of benzene rings is 1. The molecule has 1 aromatic carbocycles. The standard InChI is InChI=1S/C24H32N6O2S/c1-15(2)16-8-10-17(11-9-16)22-26-23(18-14-21(28-27-18)24(3)12-13-24)30(29-22)19-6-4-5-7-20(19)33(25,31)32/h4-7,14-17H,8-13H2,1-3H3,(H,27,28)(H2,25,31,32). The fraction of sp³-hybridized carbons (Fsp3) is 0.542. The van der Waals surface area contributed by atoms with Gasteiger partial charge in [-0.2, -0.15) is 10.2 Å². The Morgan fingerprint density at radius 1 is 1.15 bits per heavy atom. The van der Waals surface area contributed by atoms with Crippen molar-refractivity contribution < 1.29 is 8.42 Å². The monoisotopic (exact) mass is 468 g/mol. The smallest absolute Gasteiger partial charge is 0.240 e. The number of nitrogens with two attached hydrogens (primary N) is 1. The second kappa shape index (κ2) is 8.06. The zero-order valence-electron chi connectivity index (χ0n) is 19.5. The second-order valence-corrected chi connectivity index (χ2v) is 11.8. The maximum atomic E-state index is 12.3. The molecular weight excluding hydrogens is 436 g/mol. The summed E-state index contributed by atoms with van der Waals surface area (Å²) in [6, 6.07) is 8.68. The number of aromatic nitrogens is 5. The third-order valence-corrected chi connectivity index (χ3v) is 8.52. The molecule has 2 fully saturated rings. The van der Waals surface area contributed by atoms with E-state index < -0.39 is 10.0 Å². The molecule has 2 aliphatic carbocycles. The van der Waals surface area contributed by atoms with Crippen molar-refractivity contribution >= 4 is 10.0 Å². The first-order valence-corrected chi connectivity index (χ1v) is 13.4. The molecule has 176 valence electrons. The molecule has 2 aliphatic rings. The number of hydrogen-bond acceptors (Lipinski definition) is 5. The molecule has 33 heavy (non-hydrogen) atoms. The van der Waals surface area contributed by atoms with Crippen LogP contribution in [0.2, 0.25) is 0 Å². The Morgan fingerprint density at radius 2 is 1.85 bits per heavy atom. The van der Waals surface area contributed by atoms with Crippen molar-refractivity contribution in [3.8, 4) is 17.2 Å². The Labute approximate surface area is 195 Å². The van der Waals surface area contributed by atoms with E-state index >= 15 is 0 Å². The van der Waals surface area contributed by atoms with Crippen molar-refractivity contribution in [1.29, 1.82) is 0 Å². The van der Waals surface area contributed by atoms with E-state index in [1.807, 2.05) is 6.07 Å². The fourth-order valence-corrected chi connectivity index (χ4v) is 5.67. The van der Waals surface area contributed by atoms with Crippen LogP contribution in [0.15, 0.2) is 35.2 Å². The normalized spacial score (nSPS) is 22.6. The SMILES string of the molecule is CC(C)C1CCC(c2nc(-c3cc(C4(C)CC4)[nH]n3)n(-c3ccccc3S(N)(=O)=O)n2)CC1. The Hall–Kier alpha value is -2.52. The molecule has 0 atom stereocenters. The Balaban J connectivity index is 1.59. The van der Waals surface area contributed by atoms with Crippen LogP contribution in [0.3, 0.4) is 0 Å². The average Bonchev–Trinajstić information content (AvgIpc) is 3.19. The summed E-state index contributed by atoms with van der Waals surface area (Å²) in [4.78, 5) is 4.95. The molecule has 0 saturated heterocycles. The molecule has 0 bridgehead atoms. The van der Waals surface area contributed by atoms with Gasteiger partial charge in [0.25, 0.3) is 0 Å². The number of para-hydroxylation sites is 1. The highest BCUT2D eigenvalue weighted by Crippen LogP contribution is 2.47. The van der Waals surface area contributed by atoms with E-state index in [1.54, 1.807) is 22.9 Å². The van der Waals surface area contributed by atoms with Crippen molar-refractivity contribution in [2.45, 2.75) is 75.5 Å². The molecule has 2 saturated carbocycles. The highest BCUT2D eigenvalue weighted by atomic mass is 32.2. The fourth-order valence-electron chi connectivity index (χ4n) is 4.95. The molecule has 9 heteroatoms. The first-order chi connectivity index (χ1) is 15.7. The number of hydrogen-bond donors (Lipinski definition) is 2. The van der Waals surface area contributed by atoms with Crippen molar-refractivity contribution in [2.24, 2.45) is 17.0 Å². The number of H-pyrrole nitrogens is 1. The van der Waals surface area contributed by atoms with Gasteiger partial charge in [-0.15, -0.1) is 0 Å². The Morgan fingerprint density at radius 3 is 2.48 bits per heavy atom. The predicted octanol–water partition coefficient (Wildman–Crippen LogP) is 4.29. The van der Waals surface area contributed by atoms with Gasteiger partial charge in [-0.25, -0.2) is 23.2 Å². The van der Waals surface area contributed by atoms with Gasteiger partial charge in [0, 0.05) is 17.0 Å². The zero-order valence-corrected chi connectivity index (χ0v) is 20.3. The van der Waals surface area contributed by atoms with Crippen molar-refractivity contribution in [3.63, 3.8) is 0 Å². The maximum Gasteiger partial charge on any atom is 0.240 e. The molecular formula is C24H32N6O2S. The lowest BCUT2D eigenvalue weighted by Crippen LogP contribution is -2.18. The summed E-state index contributed by atoms with van der Waals surface area (Å²) in [5.74, 6) is 2.96. The summed E-state index contributed by atoms with van der Waals surface area (Å²) < 4.78 is 26.3. The van der Waals surface area contributed by atoms with Crippen LogP contribution in [0, 0.1) is 11.8 Å². The molecule has 3 aromatic rings. The number of nitrogens with zero attached hydrogens (tertiary/aromatic N) is 4.